The third kappa shape index (κ3) is 4.57. The van der Waals surface area contributed by atoms with Gasteiger partial charge in [0.15, 0.2) is 0 Å². The zero-order valence-electron chi connectivity index (χ0n) is 15.0. The molecule has 0 unspecified atom stereocenters. The molecule has 5 nitrogen and oxygen atoms in total. The van der Waals surface area contributed by atoms with E-state index in [4.69, 9.17) is 16.3 Å². The number of ether oxygens (including phenoxy) is 1. The smallest absolute Gasteiger partial charge is 0.257 e. The van der Waals surface area contributed by atoms with E-state index in [0.717, 1.165) is 11.3 Å². The molecule has 1 aliphatic rings. The fourth-order valence-corrected chi connectivity index (χ4v) is 3.19. The van der Waals surface area contributed by atoms with Crippen LogP contribution in [0.3, 0.4) is 0 Å². The predicted molar refractivity (Wildman–Crippen MR) is 101 cm³/mol. The Labute approximate surface area is 162 Å². The molecule has 0 saturated carbocycles. The molecule has 0 radical (unpaired) electrons. The summed E-state index contributed by atoms with van der Waals surface area (Å²) in [5, 5.41) is 0.313. The summed E-state index contributed by atoms with van der Waals surface area (Å²) in [7, 11) is 1.59. The summed E-state index contributed by atoms with van der Waals surface area (Å²) < 4.78 is 19.0. The topological polar surface area (TPSA) is 49.9 Å². The molecule has 0 N–H and O–H groups in total. The van der Waals surface area contributed by atoms with E-state index in [0.29, 0.717) is 37.6 Å². The van der Waals surface area contributed by atoms with Crippen LogP contribution in [0, 0.1) is 5.82 Å². The van der Waals surface area contributed by atoms with E-state index >= 15 is 0 Å². The fourth-order valence-electron chi connectivity index (χ4n) is 3.02. The quantitative estimate of drug-likeness (QED) is 0.806. The summed E-state index contributed by atoms with van der Waals surface area (Å²) in [5.74, 6) is -0.257. The Morgan fingerprint density at radius 3 is 2.30 bits per heavy atom. The maximum Gasteiger partial charge on any atom is 0.257 e. The lowest BCUT2D eigenvalue weighted by molar-refractivity contribution is -0.131. The molecular formula is C20H20ClFN2O3. The van der Waals surface area contributed by atoms with Gasteiger partial charge in [-0.05, 0) is 35.9 Å². The van der Waals surface area contributed by atoms with E-state index in [9.17, 15) is 14.0 Å². The predicted octanol–water partition coefficient (Wildman–Crippen LogP) is 3.01. The van der Waals surface area contributed by atoms with Crippen LogP contribution in [0.5, 0.6) is 5.75 Å². The first-order chi connectivity index (χ1) is 13.0. The lowest BCUT2D eigenvalue weighted by Gasteiger charge is -2.35. The van der Waals surface area contributed by atoms with Gasteiger partial charge in [-0.1, -0.05) is 23.7 Å². The molecule has 0 aliphatic carbocycles. The molecule has 2 amide bonds. The van der Waals surface area contributed by atoms with E-state index in [-0.39, 0.29) is 11.5 Å². The van der Waals surface area contributed by atoms with Gasteiger partial charge in [-0.3, -0.25) is 9.59 Å². The maximum absolute atomic E-state index is 13.9. The highest BCUT2D eigenvalue weighted by atomic mass is 35.5. The molecule has 1 aliphatic heterocycles. The number of nitrogens with zero attached hydrogens (tertiary/aromatic N) is 2. The van der Waals surface area contributed by atoms with E-state index < -0.39 is 11.7 Å². The Balaban J connectivity index is 1.57. The molecule has 7 heteroatoms. The number of methoxy groups -OCH3 is 1. The first-order valence-electron chi connectivity index (χ1n) is 8.63. The summed E-state index contributed by atoms with van der Waals surface area (Å²) in [6.45, 7) is 1.56. The van der Waals surface area contributed by atoms with E-state index in [1.807, 2.05) is 24.3 Å². The number of halogens is 2. The first kappa shape index (κ1) is 19.2. The molecule has 1 saturated heterocycles. The molecule has 1 heterocycles. The Hall–Kier alpha value is -2.60. The Morgan fingerprint density at radius 1 is 1.04 bits per heavy atom. The van der Waals surface area contributed by atoms with Crippen LogP contribution in [0.15, 0.2) is 42.5 Å². The van der Waals surface area contributed by atoms with E-state index in [2.05, 4.69) is 0 Å². The molecule has 142 valence electrons. The number of hydrogen-bond acceptors (Lipinski definition) is 3. The molecule has 0 atom stereocenters. The van der Waals surface area contributed by atoms with Crippen molar-refractivity contribution in [1.82, 2.24) is 9.80 Å². The number of hydrogen-bond donors (Lipinski definition) is 0. The van der Waals surface area contributed by atoms with Crippen LogP contribution in [0.25, 0.3) is 0 Å². The highest BCUT2D eigenvalue weighted by Gasteiger charge is 2.26. The second-order valence-electron chi connectivity index (χ2n) is 6.32. The van der Waals surface area contributed by atoms with Gasteiger partial charge in [-0.25, -0.2) is 4.39 Å². The van der Waals surface area contributed by atoms with Gasteiger partial charge in [0.1, 0.15) is 11.6 Å². The van der Waals surface area contributed by atoms with Crippen molar-refractivity contribution in [2.45, 2.75) is 6.42 Å². The third-order valence-electron chi connectivity index (χ3n) is 4.59. The van der Waals surface area contributed by atoms with Gasteiger partial charge in [0.25, 0.3) is 5.91 Å². The van der Waals surface area contributed by atoms with Crippen molar-refractivity contribution < 1.29 is 18.7 Å². The highest BCUT2D eigenvalue weighted by Crippen LogP contribution is 2.18. The van der Waals surface area contributed by atoms with Crippen LogP contribution in [0.4, 0.5) is 4.39 Å². The molecule has 2 aromatic carbocycles. The molecule has 2 aromatic rings. The standard InChI is InChI=1S/C20H20ClFN2O3/c1-27-16-5-2-14(3-6-16)12-19(25)23-8-10-24(11-9-23)20(26)17-13-15(21)4-7-18(17)22/h2-7,13H,8-12H2,1H3. The summed E-state index contributed by atoms with van der Waals surface area (Å²) in [5.41, 5.74) is 0.862. The van der Waals surface area contributed by atoms with Crippen molar-refractivity contribution in [2.75, 3.05) is 33.3 Å². The van der Waals surface area contributed by atoms with Gasteiger partial charge in [-0.2, -0.15) is 0 Å². The van der Waals surface area contributed by atoms with Crippen LogP contribution < -0.4 is 4.74 Å². The SMILES string of the molecule is COc1ccc(CC(=O)N2CCN(C(=O)c3cc(Cl)ccc3F)CC2)cc1. The second kappa shape index (κ2) is 8.39. The Bertz CT molecular complexity index is 834. The first-order valence-corrected chi connectivity index (χ1v) is 9.01. The van der Waals surface area contributed by atoms with Gasteiger partial charge in [0.05, 0.1) is 19.1 Å². The molecule has 1 fully saturated rings. The van der Waals surface area contributed by atoms with Crippen LogP contribution >= 0.6 is 11.6 Å². The average molecular weight is 391 g/mol. The van der Waals surface area contributed by atoms with Crippen LogP contribution in [0.1, 0.15) is 15.9 Å². The Morgan fingerprint density at radius 2 is 1.67 bits per heavy atom. The molecule has 0 spiro atoms. The lowest BCUT2D eigenvalue weighted by Crippen LogP contribution is -2.51. The van der Waals surface area contributed by atoms with Gasteiger partial charge < -0.3 is 14.5 Å². The second-order valence-corrected chi connectivity index (χ2v) is 6.76. The largest absolute Gasteiger partial charge is 0.497 e. The third-order valence-corrected chi connectivity index (χ3v) is 4.83. The molecular weight excluding hydrogens is 371 g/mol. The number of piperazine rings is 1. The summed E-state index contributed by atoms with van der Waals surface area (Å²) >= 11 is 5.86. The molecule has 0 aromatic heterocycles. The van der Waals surface area contributed by atoms with Gasteiger partial charge in [0.2, 0.25) is 5.91 Å². The van der Waals surface area contributed by atoms with Crippen LogP contribution in [-0.4, -0.2) is 54.9 Å². The monoisotopic (exact) mass is 390 g/mol. The number of carbonyl (C=O) groups excluding carboxylic acids is 2. The van der Waals surface area contributed by atoms with Crippen molar-refractivity contribution in [3.63, 3.8) is 0 Å². The summed E-state index contributed by atoms with van der Waals surface area (Å²) in [6.07, 6.45) is 0.293. The van der Waals surface area contributed by atoms with Crippen LogP contribution in [0.2, 0.25) is 5.02 Å². The highest BCUT2D eigenvalue weighted by molar-refractivity contribution is 6.31. The van der Waals surface area contributed by atoms with Crippen molar-refractivity contribution in [2.24, 2.45) is 0 Å². The van der Waals surface area contributed by atoms with Gasteiger partial charge >= 0.3 is 0 Å². The minimum absolute atomic E-state index is 0.00111. The lowest BCUT2D eigenvalue weighted by atomic mass is 10.1. The number of carbonyl (C=O) groups is 2. The average Bonchev–Trinajstić information content (AvgIpc) is 2.70. The molecule has 27 heavy (non-hydrogen) atoms. The maximum atomic E-state index is 13.9. The number of amides is 2. The summed E-state index contributed by atoms with van der Waals surface area (Å²) in [4.78, 5) is 28.3. The van der Waals surface area contributed by atoms with Crippen LogP contribution in [-0.2, 0) is 11.2 Å². The van der Waals surface area contributed by atoms with Crippen molar-refractivity contribution in [3.8, 4) is 5.75 Å². The normalized spacial score (nSPS) is 14.2. The van der Waals surface area contributed by atoms with Gasteiger partial charge in [0, 0.05) is 31.2 Å². The molecule has 0 bridgehead atoms. The Kier molecular flexibility index (Phi) is 5.96. The zero-order chi connectivity index (χ0) is 19.4. The fraction of sp³-hybridized carbons (Fsp3) is 0.300. The van der Waals surface area contributed by atoms with Crippen molar-refractivity contribution in [3.05, 3.63) is 64.4 Å². The number of benzene rings is 2. The zero-order valence-corrected chi connectivity index (χ0v) is 15.7. The summed E-state index contributed by atoms with van der Waals surface area (Å²) in [6, 6.07) is 11.3. The van der Waals surface area contributed by atoms with Crippen molar-refractivity contribution in [1.29, 1.82) is 0 Å². The number of rotatable bonds is 4. The minimum atomic E-state index is -0.595. The van der Waals surface area contributed by atoms with E-state index in [1.54, 1.807) is 16.9 Å². The molecule has 3 rings (SSSR count). The minimum Gasteiger partial charge on any atom is -0.497 e. The van der Waals surface area contributed by atoms with Crippen molar-refractivity contribution >= 4 is 23.4 Å². The van der Waals surface area contributed by atoms with Gasteiger partial charge in [-0.15, -0.1) is 0 Å². The van der Waals surface area contributed by atoms with E-state index in [1.165, 1.54) is 18.2 Å².